The first-order valence-electron chi connectivity index (χ1n) is 8.91. The van der Waals surface area contributed by atoms with E-state index in [2.05, 4.69) is 5.32 Å². The van der Waals surface area contributed by atoms with Crippen molar-refractivity contribution in [1.29, 1.82) is 0 Å². The van der Waals surface area contributed by atoms with E-state index in [9.17, 15) is 4.57 Å². The van der Waals surface area contributed by atoms with Gasteiger partial charge in [0.2, 0.25) is 0 Å². The quantitative estimate of drug-likeness (QED) is 0.498. The Labute approximate surface area is 159 Å². The molecule has 3 heteroatoms. The Morgan fingerprint density at radius 2 is 0.963 bits per heavy atom. The lowest BCUT2D eigenvalue weighted by molar-refractivity contribution is 0.592. The number of benzene rings is 4. The molecule has 4 aromatic carbocycles. The van der Waals surface area contributed by atoms with E-state index >= 15 is 0 Å². The molecule has 27 heavy (non-hydrogen) atoms. The Bertz CT molecular complexity index is 1020. The summed E-state index contributed by atoms with van der Waals surface area (Å²) in [6, 6.07) is 37.3. The van der Waals surface area contributed by atoms with Gasteiger partial charge in [0.1, 0.15) is 0 Å². The van der Waals surface area contributed by atoms with E-state index in [0.29, 0.717) is 0 Å². The lowest BCUT2D eigenvalue weighted by atomic mass is 10.2. The number of rotatable bonds is 5. The second-order valence-electron chi connectivity index (χ2n) is 6.29. The average Bonchev–Trinajstić information content (AvgIpc) is 2.75. The molecule has 0 unspecified atom stereocenters. The summed E-state index contributed by atoms with van der Waals surface area (Å²) in [6.07, 6.45) is 0. The molecule has 0 amide bonds. The van der Waals surface area contributed by atoms with Crippen molar-refractivity contribution in [2.75, 3.05) is 5.32 Å². The Kier molecular flexibility index (Phi) is 4.91. The highest BCUT2D eigenvalue weighted by Crippen LogP contribution is 2.44. The lowest BCUT2D eigenvalue weighted by Crippen LogP contribution is -2.26. The average molecular weight is 369 g/mol. The Morgan fingerprint density at radius 1 is 0.519 bits per heavy atom. The summed E-state index contributed by atoms with van der Waals surface area (Å²) in [7, 11) is -3.01. The highest BCUT2D eigenvalue weighted by atomic mass is 31.2. The van der Waals surface area contributed by atoms with Crippen LogP contribution in [0.2, 0.25) is 0 Å². The van der Waals surface area contributed by atoms with Gasteiger partial charge in [-0.15, -0.1) is 0 Å². The standard InChI is InChI=1S/C24H20NOP/c26-27(21-14-6-2-7-15-21,22-16-8-3-9-17-22)24-19-11-10-18-23(24)25-20-12-4-1-5-13-20/h1-19,25H. The van der Waals surface area contributed by atoms with Gasteiger partial charge >= 0.3 is 0 Å². The Balaban J connectivity index is 1.91. The summed E-state index contributed by atoms with van der Waals surface area (Å²) in [6.45, 7) is 0. The normalized spacial score (nSPS) is 11.1. The molecule has 0 saturated carbocycles. The molecule has 0 fully saturated rings. The Hall–Kier alpha value is -3.09. The molecule has 4 aromatic rings. The number of anilines is 2. The van der Waals surface area contributed by atoms with Crippen LogP contribution in [0.25, 0.3) is 0 Å². The fourth-order valence-corrected chi connectivity index (χ4v) is 6.04. The highest BCUT2D eigenvalue weighted by Gasteiger charge is 2.31. The van der Waals surface area contributed by atoms with E-state index < -0.39 is 7.14 Å². The van der Waals surface area contributed by atoms with E-state index in [1.165, 1.54) is 0 Å². The molecule has 0 atom stereocenters. The van der Waals surface area contributed by atoms with E-state index in [1.807, 2.05) is 115 Å². The van der Waals surface area contributed by atoms with Crippen molar-refractivity contribution in [2.24, 2.45) is 0 Å². The molecule has 0 heterocycles. The molecule has 2 nitrogen and oxygen atoms in total. The van der Waals surface area contributed by atoms with Gasteiger partial charge in [-0.05, 0) is 24.3 Å². The predicted octanol–water partition coefficient (Wildman–Crippen LogP) is 5.07. The van der Waals surface area contributed by atoms with Gasteiger partial charge in [-0.25, -0.2) is 0 Å². The summed E-state index contributed by atoms with van der Waals surface area (Å²) < 4.78 is 14.6. The number of nitrogens with one attached hydrogen (secondary N) is 1. The number of para-hydroxylation sites is 2. The molecular formula is C24H20NOP. The fourth-order valence-electron chi connectivity index (χ4n) is 3.23. The van der Waals surface area contributed by atoms with Crippen LogP contribution in [-0.4, -0.2) is 0 Å². The maximum absolute atomic E-state index is 14.6. The molecule has 0 aliphatic rings. The van der Waals surface area contributed by atoms with Crippen molar-refractivity contribution in [3.05, 3.63) is 115 Å². The zero-order valence-corrected chi connectivity index (χ0v) is 15.7. The minimum absolute atomic E-state index is 0.811. The van der Waals surface area contributed by atoms with Gasteiger partial charge in [0.15, 0.2) is 7.14 Å². The molecule has 0 radical (unpaired) electrons. The fraction of sp³-hybridized carbons (Fsp3) is 0. The molecule has 0 bridgehead atoms. The molecule has 0 aliphatic carbocycles. The van der Waals surface area contributed by atoms with Crippen LogP contribution in [0.15, 0.2) is 115 Å². The third-order valence-electron chi connectivity index (χ3n) is 4.54. The van der Waals surface area contributed by atoms with Crippen LogP contribution < -0.4 is 21.2 Å². The van der Waals surface area contributed by atoms with Crippen molar-refractivity contribution in [3.8, 4) is 0 Å². The zero-order chi connectivity index (χ0) is 18.5. The van der Waals surface area contributed by atoms with Crippen LogP contribution in [-0.2, 0) is 4.57 Å². The topological polar surface area (TPSA) is 29.1 Å². The maximum atomic E-state index is 14.6. The van der Waals surface area contributed by atoms with Gasteiger partial charge in [0.25, 0.3) is 0 Å². The third-order valence-corrected chi connectivity index (χ3v) is 7.65. The second kappa shape index (κ2) is 7.65. The minimum Gasteiger partial charge on any atom is -0.355 e. The van der Waals surface area contributed by atoms with Crippen LogP contribution in [0.1, 0.15) is 0 Å². The second-order valence-corrected chi connectivity index (χ2v) is 9.02. The number of hydrogen-bond acceptors (Lipinski definition) is 2. The lowest BCUT2D eigenvalue weighted by Gasteiger charge is -2.23. The van der Waals surface area contributed by atoms with Crippen molar-refractivity contribution in [3.63, 3.8) is 0 Å². The van der Waals surface area contributed by atoms with Crippen LogP contribution in [0.4, 0.5) is 11.4 Å². The van der Waals surface area contributed by atoms with E-state index in [-0.39, 0.29) is 0 Å². The highest BCUT2D eigenvalue weighted by molar-refractivity contribution is 7.85. The SMILES string of the molecule is O=P(c1ccccc1)(c1ccccc1)c1ccccc1Nc1ccccc1. The van der Waals surface area contributed by atoms with E-state index in [0.717, 1.165) is 27.3 Å². The van der Waals surface area contributed by atoms with Gasteiger partial charge in [-0.1, -0.05) is 91.0 Å². The van der Waals surface area contributed by atoms with Gasteiger partial charge in [-0.2, -0.15) is 0 Å². The molecule has 1 N–H and O–H groups in total. The largest absolute Gasteiger partial charge is 0.355 e. The molecule has 0 aliphatic heterocycles. The summed E-state index contributed by atoms with van der Waals surface area (Å²) in [5.74, 6) is 0. The molecule has 132 valence electrons. The zero-order valence-electron chi connectivity index (χ0n) is 14.8. The Morgan fingerprint density at radius 3 is 1.52 bits per heavy atom. The molecule has 0 aromatic heterocycles. The van der Waals surface area contributed by atoms with Gasteiger partial charge in [0, 0.05) is 27.3 Å². The minimum atomic E-state index is -3.01. The van der Waals surface area contributed by atoms with Crippen LogP contribution in [0.3, 0.4) is 0 Å². The molecule has 0 saturated heterocycles. The van der Waals surface area contributed by atoms with E-state index in [1.54, 1.807) is 0 Å². The first kappa shape index (κ1) is 17.3. The monoisotopic (exact) mass is 369 g/mol. The van der Waals surface area contributed by atoms with Crippen molar-refractivity contribution in [1.82, 2.24) is 0 Å². The molecular weight excluding hydrogens is 349 g/mol. The van der Waals surface area contributed by atoms with Gasteiger partial charge < -0.3 is 9.88 Å². The smallest absolute Gasteiger partial charge is 0.173 e. The number of hydrogen-bond donors (Lipinski definition) is 1. The molecule has 4 rings (SSSR count). The van der Waals surface area contributed by atoms with E-state index in [4.69, 9.17) is 0 Å². The summed E-state index contributed by atoms with van der Waals surface area (Å²) in [5.41, 5.74) is 1.83. The van der Waals surface area contributed by atoms with Crippen molar-refractivity contribution < 1.29 is 4.57 Å². The summed E-state index contributed by atoms with van der Waals surface area (Å²) in [5, 5.41) is 5.92. The van der Waals surface area contributed by atoms with Crippen LogP contribution in [0.5, 0.6) is 0 Å². The van der Waals surface area contributed by atoms with Crippen LogP contribution in [0, 0.1) is 0 Å². The van der Waals surface area contributed by atoms with Crippen LogP contribution >= 0.6 is 7.14 Å². The summed E-state index contributed by atoms with van der Waals surface area (Å²) in [4.78, 5) is 0. The van der Waals surface area contributed by atoms with Crippen molar-refractivity contribution >= 4 is 34.4 Å². The van der Waals surface area contributed by atoms with Crippen molar-refractivity contribution in [2.45, 2.75) is 0 Å². The van der Waals surface area contributed by atoms with Gasteiger partial charge in [0.05, 0.1) is 0 Å². The van der Waals surface area contributed by atoms with Gasteiger partial charge in [-0.3, -0.25) is 0 Å². The predicted molar refractivity (Wildman–Crippen MR) is 116 cm³/mol. The summed E-state index contributed by atoms with van der Waals surface area (Å²) >= 11 is 0. The molecule has 0 spiro atoms. The first-order valence-corrected chi connectivity index (χ1v) is 10.6. The maximum Gasteiger partial charge on any atom is 0.173 e. The first-order chi connectivity index (χ1) is 13.3. The third kappa shape index (κ3) is 3.45.